The Hall–Kier alpha value is -2.38. The molecule has 0 aliphatic heterocycles. The molecular formula is C17H17FN2O. The maximum atomic E-state index is 13.4. The standard InChI is InChI=1S/C17H17FN2O/c1-12-7-15(18)9-16(8-12)20-17(10-19)14-5-3-13(4-6-14)11-21-2/h3-9,17,20H,11H2,1-2H3. The highest BCUT2D eigenvalue weighted by molar-refractivity contribution is 5.49. The average molecular weight is 284 g/mol. The Morgan fingerprint density at radius 1 is 1.24 bits per heavy atom. The first-order valence-electron chi connectivity index (χ1n) is 6.63. The zero-order chi connectivity index (χ0) is 15.2. The van der Waals surface area contributed by atoms with Crippen molar-refractivity contribution in [2.75, 3.05) is 12.4 Å². The van der Waals surface area contributed by atoms with E-state index >= 15 is 0 Å². The van der Waals surface area contributed by atoms with Gasteiger partial charge in [0.05, 0.1) is 12.7 Å². The van der Waals surface area contributed by atoms with Crippen molar-refractivity contribution in [3.8, 4) is 6.07 Å². The van der Waals surface area contributed by atoms with Crippen LogP contribution in [0.1, 0.15) is 22.7 Å². The van der Waals surface area contributed by atoms with Crippen LogP contribution in [0.5, 0.6) is 0 Å². The fourth-order valence-electron chi connectivity index (χ4n) is 2.15. The van der Waals surface area contributed by atoms with E-state index < -0.39 is 6.04 Å². The number of anilines is 1. The van der Waals surface area contributed by atoms with Gasteiger partial charge in [-0.3, -0.25) is 0 Å². The van der Waals surface area contributed by atoms with Gasteiger partial charge in [0.1, 0.15) is 11.9 Å². The third kappa shape index (κ3) is 4.04. The number of aryl methyl sites for hydroxylation is 1. The summed E-state index contributed by atoms with van der Waals surface area (Å²) in [6, 6.07) is 13.9. The summed E-state index contributed by atoms with van der Waals surface area (Å²) in [5.41, 5.74) is 3.28. The minimum Gasteiger partial charge on any atom is -0.380 e. The molecule has 0 fully saturated rings. The van der Waals surface area contributed by atoms with Crippen molar-refractivity contribution in [2.45, 2.75) is 19.6 Å². The second kappa shape index (κ2) is 6.87. The first kappa shape index (κ1) is 15.0. The molecule has 3 nitrogen and oxygen atoms in total. The van der Waals surface area contributed by atoms with Crippen LogP contribution < -0.4 is 5.32 Å². The molecule has 0 aromatic heterocycles. The van der Waals surface area contributed by atoms with Crippen molar-refractivity contribution >= 4 is 5.69 Å². The normalized spacial score (nSPS) is 11.7. The lowest BCUT2D eigenvalue weighted by atomic mass is 10.1. The maximum absolute atomic E-state index is 13.4. The topological polar surface area (TPSA) is 45.0 Å². The molecule has 2 aromatic rings. The number of nitrogens with zero attached hydrogens (tertiary/aromatic N) is 1. The first-order valence-corrected chi connectivity index (χ1v) is 6.63. The van der Waals surface area contributed by atoms with E-state index in [1.165, 1.54) is 12.1 Å². The molecule has 0 bridgehead atoms. The molecule has 0 heterocycles. The number of methoxy groups -OCH3 is 1. The number of nitrogens with one attached hydrogen (secondary N) is 1. The minimum atomic E-state index is -0.525. The molecule has 0 spiro atoms. The Morgan fingerprint density at radius 2 is 1.95 bits per heavy atom. The number of rotatable bonds is 5. The van der Waals surface area contributed by atoms with Crippen LogP contribution in [0.15, 0.2) is 42.5 Å². The quantitative estimate of drug-likeness (QED) is 0.904. The molecule has 2 rings (SSSR count). The van der Waals surface area contributed by atoms with Crippen LogP contribution in [0.2, 0.25) is 0 Å². The average Bonchev–Trinajstić information content (AvgIpc) is 2.45. The van der Waals surface area contributed by atoms with Gasteiger partial charge in [0.15, 0.2) is 0 Å². The number of benzene rings is 2. The van der Waals surface area contributed by atoms with E-state index in [2.05, 4.69) is 11.4 Å². The number of halogens is 1. The largest absolute Gasteiger partial charge is 0.380 e. The summed E-state index contributed by atoms with van der Waals surface area (Å²) in [5.74, 6) is -0.315. The van der Waals surface area contributed by atoms with E-state index in [0.717, 1.165) is 16.7 Å². The van der Waals surface area contributed by atoms with Crippen molar-refractivity contribution < 1.29 is 9.13 Å². The summed E-state index contributed by atoms with van der Waals surface area (Å²) in [7, 11) is 1.64. The third-order valence-electron chi connectivity index (χ3n) is 3.11. The van der Waals surface area contributed by atoms with Crippen LogP contribution >= 0.6 is 0 Å². The van der Waals surface area contributed by atoms with Gasteiger partial charge in [-0.05, 0) is 41.8 Å². The van der Waals surface area contributed by atoms with Gasteiger partial charge in [-0.1, -0.05) is 24.3 Å². The summed E-state index contributed by atoms with van der Waals surface area (Å²) < 4.78 is 18.4. The minimum absolute atomic E-state index is 0.315. The van der Waals surface area contributed by atoms with E-state index in [-0.39, 0.29) is 5.82 Å². The molecule has 21 heavy (non-hydrogen) atoms. The van der Waals surface area contributed by atoms with Gasteiger partial charge >= 0.3 is 0 Å². The number of ether oxygens (including phenoxy) is 1. The van der Waals surface area contributed by atoms with Gasteiger partial charge in [-0.2, -0.15) is 5.26 Å². The molecule has 108 valence electrons. The Balaban J connectivity index is 2.17. The van der Waals surface area contributed by atoms with Gasteiger partial charge in [-0.15, -0.1) is 0 Å². The van der Waals surface area contributed by atoms with E-state index in [1.807, 2.05) is 37.3 Å². The van der Waals surface area contributed by atoms with Gasteiger partial charge < -0.3 is 10.1 Å². The van der Waals surface area contributed by atoms with Crippen LogP contribution in [0, 0.1) is 24.1 Å². The molecule has 1 atom stereocenters. The monoisotopic (exact) mass is 284 g/mol. The fourth-order valence-corrected chi connectivity index (χ4v) is 2.15. The SMILES string of the molecule is COCc1ccc(C(C#N)Nc2cc(C)cc(F)c2)cc1. The zero-order valence-corrected chi connectivity index (χ0v) is 12.1. The van der Waals surface area contributed by atoms with Gasteiger partial charge in [0.25, 0.3) is 0 Å². The Bertz CT molecular complexity index is 627. The summed E-state index contributed by atoms with van der Waals surface area (Å²) in [6.45, 7) is 2.35. The second-order valence-corrected chi connectivity index (χ2v) is 4.90. The van der Waals surface area contributed by atoms with E-state index in [1.54, 1.807) is 7.11 Å². The van der Waals surface area contributed by atoms with Crippen molar-refractivity contribution in [2.24, 2.45) is 0 Å². The lowest BCUT2D eigenvalue weighted by Crippen LogP contribution is -2.09. The molecule has 1 unspecified atom stereocenters. The zero-order valence-electron chi connectivity index (χ0n) is 12.1. The number of hydrogen-bond acceptors (Lipinski definition) is 3. The molecule has 4 heteroatoms. The fraction of sp³-hybridized carbons (Fsp3) is 0.235. The Kier molecular flexibility index (Phi) is 4.91. The van der Waals surface area contributed by atoms with E-state index in [0.29, 0.717) is 12.3 Å². The second-order valence-electron chi connectivity index (χ2n) is 4.90. The molecule has 0 saturated carbocycles. The van der Waals surface area contributed by atoms with Crippen LogP contribution in [0.3, 0.4) is 0 Å². The molecule has 0 saturated heterocycles. The third-order valence-corrected chi connectivity index (χ3v) is 3.11. The van der Waals surface area contributed by atoms with Crippen molar-refractivity contribution in [1.29, 1.82) is 5.26 Å². The highest BCUT2D eigenvalue weighted by Crippen LogP contribution is 2.21. The number of hydrogen-bond donors (Lipinski definition) is 1. The molecule has 0 radical (unpaired) electrons. The number of nitriles is 1. The summed E-state index contributed by atoms with van der Waals surface area (Å²) in [6.07, 6.45) is 0. The highest BCUT2D eigenvalue weighted by Gasteiger charge is 2.11. The summed E-state index contributed by atoms with van der Waals surface area (Å²) >= 11 is 0. The molecule has 2 aromatic carbocycles. The maximum Gasteiger partial charge on any atom is 0.140 e. The summed E-state index contributed by atoms with van der Waals surface area (Å²) in [5, 5.41) is 12.4. The van der Waals surface area contributed by atoms with Crippen LogP contribution in [0.4, 0.5) is 10.1 Å². The first-order chi connectivity index (χ1) is 10.1. The van der Waals surface area contributed by atoms with Gasteiger partial charge in [0, 0.05) is 12.8 Å². The van der Waals surface area contributed by atoms with Crippen molar-refractivity contribution in [3.63, 3.8) is 0 Å². The molecular weight excluding hydrogens is 267 g/mol. The van der Waals surface area contributed by atoms with Crippen LogP contribution in [-0.4, -0.2) is 7.11 Å². The molecule has 1 N–H and O–H groups in total. The predicted octanol–water partition coefficient (Wildman–Crippen LogP) is 3.96. The Morgan fingerprint density at radius 3 is 2.52 bits per heavy atom. The predicted molar refractivity (Wildman–Crippen MR) is 80.3 cm³/mol. The lowest BCUT2D eigenvalue weighted by molar-refractivity contribution is 0.185. The molecule has 0 aliphatic rings. The van der Waals surface area contributed by atoms with E-state index in [9.17, 15) is 9.65 Å². The van der Waals surface area contributed by atoms with Gasteiger partial charge in [-0.25, -0.2) is 4.39 Å². The molecule has 0 aliphatic carbocycles. The van der Waals surface area contributed by atoms with E-state index in [4.69, 9.17) is 4.74 Å². The molecule has 0 amide bonds. The highest BCUT2D eigenvalue weighted by atomic mass is 19.1. The lowest BCUT2D eigenvalue weighted by Gasteiger charge is -2.14. The van der Waals surface area contributed by atoms with Crippen LogP contribution in [0.25, 0.3) is 0 Å². The Labute approximate surface area is 124 Å². The van der Waals surface area contributed by atoms with Crippen LogP contribution in [-0.2, 0) is 11.3 Å². The van der Waals surface area contributed by atoms with Gasteiger partial charge in [0.2, 0.25) is 0 Å². The van der Waals surface area contributed by atoms with Crippen molar-refractivity contribution in [1.82, 2.24) is 0 Å². The summed E-state index contributed by atoms with van der Waals surface area (Å²) in [4.78, 5) is 0. The van der Waals surface area contributed by atoms with Crippen molar-refractivity contribution in [3.05, 3.63) is 65.0 Å². The smallest absolute Gasteiger partial charge is 0.140 e.